The maximum atomic E-state index is 12.9. The Labute approximate surface area is 171 Å². The number of piperidine rings is 1. The van der Waals surface area contributed by atoms with E-state index in [0.29, 0.717) is 11.5 Å². The van der Waals surface area contributed by atoms with Crippen molar-refractivity contribution in [2.24, 2.45) is 5.92 Å². The van der Waals surface area contributed by atoms with Crippen LogP contribution in [0.15, 0.2) is 60.8 Å². The van der Waals surface area contributed by atoms with Crippen LogP contribution in [0, 0.1) is 17.2 Å². The van der Waals surface area contributed by atoms with Gasteiger partial charge in [-0.05, 0) is 55.4 Å². The van der Waals surface area contributed by atoms with Gasteiger partial charge in [0.15, 0.2) is 0 Å². The Morgan fingerprint density at radius 2 is 1.86 bits per heavy atom. The summed E-state index contributed by atoms with van der Waals surface area (Å²) < 4.78 is 0. The molecule has 1 saturated heterocycles. The molecule has 1 N–H and O–H groups in total. The van der Waals surface area contributed by atoms with Crippen LogP contribution < -0.4 is 5.48 Å². The van der Waals surface area contributed by atoms with E-state index in [2.05, 4.69) is 35.8 Å². The lowest BCUT2D eigenvalue weighted by Gasteiger charge is -2.32. The smallest absolute Gasteiger partial charge is 0.253 e. The van der Waals surface area contributed by atoms with Crippen LogP contribution in [-0.4, -0.2) is 29.5 Å². The molecule has 0 spiro atoms. The molecule has 148 valence electrons. The second-order valence-electron chi connectivity index (χ2n) is 7.93. The summed E-state index contributed by atoms with van der Waals surface area (Å²) in [4.78, 5) is 20.2. The number of carbonyl (C=O) groups is 1. The molecule has 2 aliphatic rings. The van der Waals surface area contributed by atoms with Gasteiger partial charge >= 0.3 is 0 Å². The lowest BCUT2D eigenvalue weighted by Crippen LogP contribution is -2.38. The zero-order valence-corrected chi connectivity index (χ0v) is 16.6. The average molecular weight is 387 g/mol. The second-order valence-corrected chi connectivity index (χ2v) is 7.93. The quantitative estimate of drug-likeness (QED) is 0.863. The van der Waals surface area contributed by atoms with Crippen LogP contribution >= 0.6 is 0 Å². The fourth-order valence-corrected chi connectivity index (χ4v) is 4.10. The van der Waals surface area contributed by atoms with Crippen LogP contribution in [0.2, 0.25) is 0 Å². The van der Waals surface area contributed by atoms with Gasteiger partial charge in [0.1, 0.15) is 6.07 Å². The largest absolute Gasteiger partial charge is 0.339 e. The van der Waals surface area contributed by atoms with Crippen LogP contribution in [0.1, 0.15) is 41.3 Å². The molecule has 29 heavy (non-hydrogen) atoms. The molecule has 0 radical (unpaired) electrons. The molecule has 1 unspecified atom stereocenters. The van der Waals surface area contributed by atoms with E-state index >= 15 is 0 Å². The third-order valence-corrected chi connectivity index (χ3v) is 5.91. The topological polar surface area (TPSA) is 65.4 Å². The summed E-state index contributed by atoms with van der Waals surface area (Å²) in [5.74, 6) is 0.710. The Kier molecular flexibility index (Phi) is 5.37. The minimum Gasteiger partial charge on any atom is -0.339 e. The number of hydrogen-bond donors (Lipinski definition) is 1. The van der Waals surface area contributed by atoms with Crippen molar-refractivity contribution in [3.63, 3.8) is 0 Å². The van der Waals surface area contributed by atoms with Gasteiger partial charge in [0.05, 0.1) is 0 Å². The number of rotatable bonds is 4. The second kappa shape index (κ2) is 8.10. The first-order valence-electron chi connectivity index (χ1n) is 10.1. The molecular weight excluding hydrogens is 362 g/mol. The highest BCUT2D eigenvalue weighted by molar-refractivity contribution is 5.94. The van der Waals surface area contributed by atoms with E-state index in [1.165, 1.54) is 5.56 Å². The highest BCUT2D eigenvalue weighted by atomic mass is 16.7. The van der Waals surface area contributed by atoms with E-state index < -0.39 is 5.60 Å². The molecule has 2 aromatic rings. The van der Waals surface area contributed by atoms with Crippen LogP contribution in [-0.2, 0) is 11.3 Å². The van der Waals surface area contributed by atoms with Crippen molar-refractivity contribution in [3.8, 4) is 6.07 Å². The summed E-state index contributed by atoms with van der Waals surface area (Å²) in [6.07, 6.45) is 4.85. The third kappa shape index (κ3) is 4.03. The highest BCUT2D eigenvalue weighted by Gasteiger charge is 2.36. The summed E-state index contributed by atoms with van der Waals surface area (Å²) >= 11 is 0. The summed E-state index contributed by atoms with van der Waals surface area (Å²) in [7, 11) is 0. The van der Waals surface area contributed by atoms with Crippen molar-refractivity contribution in [2.45, 2.75) is 31.8 Å². The number of nitrogens with zero attached hydrogens (tertiary/aromatic N) is 2. The van der Waals surface area contributed by atoms with Gasteiger partial charge in [0.25, 0.3) is 5.91 Å². The molecular formula is C24H25N3O2. The summed E-state index contributed by atoms with van der Waals surface area (Å²) in [6, 6.07) is 20.2. The lowest BCUT2D eigenvalue weighted by atomic mass is 9.89. The van der Waals surface area contributed by atoms with E-state index in [1.807, 2.05) is 35.2 Å². The molecule has 4 rings (SSSR count). The molecule has 2 aliphatic heterocycles. The Bertz CT molecular complexity index is 938. The molecule has 5 nitrogen and oxygen atoms in total. The van der Waals surface area contributed by atoms with Gasteiger partial charge in [0, 0.05) is 30.4 Å². The predicted octanol–water partition coefficient (Wildman–Crippen LogP) is 3.94. The van der Waals surface area contributed by atoms with Gasteiger partial charge in [-0.15, -0.1) is 0 Å². The van der Waals surface area contributed by atoms with Gasteiger partial charge in [0.2, 0.25) is 5.60 Å². The third-order valence-electron chi connectivity index (χ3n) is 5.91. The maximum Gasteiger partial charge on any atom is 0.253 e. The number of hydrogen-bond acceptors (Lipinski definition) is 4. The fourth-order valence-electron chi connectivity index (χ4n) is 4.10. The van der Waals surface area contributed by atoms with Gasteiger partial charge in [-0.3, -0.25) is 15.1 Å². The number of likely N-dealkylation sites (tertiary alicyclic amines) is 1. The van der Waals surface area contributed by atoms with Gasteiger partial charge in [-0.25, -0.2) is 0 Å². The van der Waals surface area contributed by atoms with Gasteiger partial charge < -0.3 is 4.90 Å². The summed E-state index contributed by atoms with van der Waals surface area (Å²) in [5.41, 5.74) is 5.33. The van der Waals surface area contributed by atoms with E-state index in [4.69, 9.17) is 4.84 Å². The average Bonchev–Trinajstić information content (AvgIpc) is 3.17. The van der Waals surface area contributed by atoms with Crippen LogP contribution in [0.5, 0.6) is 0 Å². The number of nitrogens with one attached hydrogen (secondary N) is 1. The molecule has 5 heteroatoms. The SMILES string of the molecule is CC1(C#N)ONC=C1c1ccc(C(=O)N2CCC(Cc3ccccc3)CC2)cc1. The normalized spacial score (nSPS) is 21.9. The maximum absolute atomic E-state index is 12.9. The number of amides is 1. The lowest BCUT2D eigenvalue weighted by molar-refractivity contribution is 0.0171. The summed E-state index contributed by atoms with van der Waals surface area (Å²) in [6.45, 7) is 3.32. The fraction of sp³-hybridized carbons (Fsp3) is 0.333. The standard InChI is InChI=1S/C24H25N3O2/c1-24(17-25)22(16-26-29-24)20-7-9-21(10-8-20)23(28)27-13-11-19(12-14-27)15-18-5-3-2-4-6-18/h2-10,16,19,26H,11-15H2,1H3. The monoisotopic (exact) mass is 387 g/mol. The van der Waals surface area contributed by atoms with Crippen LogP contribution in [0.25, 0.3) is 5.57 Å². The van der Waals surface area contributed by atoms with Crippen molar-refractivity contribution in [2.75, 3.05) is 13.1 Å². The van der Waals surface area contributed by atoms with Gasteiger partial charge in [-0.2, -0.15) is 5.26 Å². The number of hydroxylamine groups is 1. The zero-order chi connectivity index (χ0) is 20.3. The van der Waals surface area contributed by atoms with Crippen molar-refractivity contribution >= 4 is 11.5 Å². The number of nitriles is 1. The van der Waals surface area contributed by atoms with Crippen LogP contribution in [0.3, 0.4) is 0 Å². The number of benzene rings is 2. The Morgan fingerprint density at radius 3 is 2.52 bits per heavy atom. The molecule has 2 heterocycles. The molecule has 1 amide bonds. The van der Waals surface area contributed by atoms with Crippen molar-refractivity contribution < 1.29 is 9.63 Å². The molecule has 2 aromatic carbocycles. The zero-order valence-electron chi connectivity index (χ0n) is 16.6. The van der Waals surface area contributed by atoms with Crippen molar-refractivity contribution in [1.29, 1.82) is 5.26 Å². The van der Waals surface area contributed by atoms with E-state index in [-0.39, 0.29) is 5.91 Å². The van der Waals surface area contributed by atoms with E-state index in [1.54, 1.807) is 13.1 Å². The number of carbonyl (C=O) groups excluding carboxylic acids is 1. The first-order valence-corrected chi connectivity index (χ1v) is 10.1. The van der Waals surface area contributed by atoms with E-state index in [9.17, 15) is 10.1 Å². The minimum atomic E-state index is -1.02. The Hall–Kier alpha value is -3.10. The van der Waals surface area contributed by atoms with Crippen LogP contribution in [0.4, 0.5) is 0 Å². The van der Waals surface area contributed by atoms with Crippen molar-refractivity contribution in [3.05, 3.63) is 77.5 Å². The summed E-state index contributed by atoms with van der Waals surface area (Å²) in [5, 5.41) is 9.37. The Balaban J connectivity index is 1.36. The van der Waals surface area contributed by atoms with Gasteiger partial charge in [-0.1, -0.05) is 42.5 Å². The highest BCUT2D eigenvalue weighted by Crippen LogP contribution is 2.32. The van der Waals surface area contributed by atoms with E-state index in [0.717, 1.165) is 43.5 Å². The minimum absolute atomic E-state index is 0.0764. The molecule has 0 aromatic heterocycles. The first-order chi connectivity index (χ1) is 14.1. The molecule has 0 aliphatic carbocycles. The molecule has 0 saturated carbocycles. The molecule has 0 bridgehead atoms. The first kappa shape index (κ1) is 19.2. The predicted molar refractivity (Wildman–Crippen MR) is 111 cm³/mol. The molecule has 1 fully saturated rings. The van der Waals surface area contributed by atoms with Crippen molar-refractivity contribution in [1.82, 2.24) is 10.4 Å². The molecule has 1 atom stereocenters. The Morgan fingerprint density at radius 1 is 1.17 bits per heavy atom.